The first-order chi connectivity index (χ1) is 7.34. The molecule has 4 nitrogen and oxygen atoms in total. The molecular weight excluding hydrogens is 192 g/mol. The summed E-state index contributed by atoms with van der Waals surface area (Å²) in [6, 6.07) is 9.75. The minimum Gasteiger partial charge on any atom is -0.508 e. The van der Waals surface area contributed by atoms with E-state index in [-0.39, 0.29) is 18.1 Å². The van der Waals surface area contributed by atoms with Gasteiger partial charge in [-0.25, -0.2) is 4.99 Å². The average Bonchev–Trinajstić information content (AvgIpc) is 3.04. The SMILES string of the molecule is OC1=CNC(c2ccccc2)=NC2OC12. The van der Waals surface area contributed by atoms with Crippen molar-refractivity contribution in [1.29, 1.82) is 0 Å². The summed E-state index contributed by atoms with van der Waals surface area (Å²) in [7, 11) is 0. The first kappa shape index (κ1) is 8.49. The van der Waals surface area contributed by atoms with Crippen LogP contribution < -0.4 is 5.32 Å². The Balaban J connectivity index is 1.94. The second-order valence-electron chi connectivity index (χ2n) is 3.50. The van der Waals surface area contributed by atoms with E-state index in [4.69, 9.17) is 4.74 Å². The van der Waals surface area contributed by atoms with Gasteiger partial charge < -0.3 is 15.2 Å². The van der Waals surface area contributed by atoms with Gasteiger partial charge in [-0.15, -0.1) is 0 Å². The van der Waals surface area contributed by atoms with Gasteiger partial charge in [-0.2, -0.15) is 0 Å². The summed E-state index contributed by atoms with van der Waals surface area (Å²) in [4.78, 5) is 4.34. The normalized spacial score (nSPS) is 28.0. The quantitative estimate of drug-likeness (QED) is 0.672. The van der Waals surface area contributed by atoms with Gasteiger partial charge in [-0.1, -0.05) is 30.3 Å². The molecule has 2 N–H and O–H groups in total. The van der Waals surface area contributed by atoms with Crippen LogP contribution in [0.25, 0.3) is 0 Å². The maximum atomic E-state index is 9.46. The van der Waals surface area contributed by atoms with Crippen LogP contribution in [0.15, 0.2) is 47.3 Å². The van der Waals surface area contributed by atoms with Crippen molar-refractivity contribution in [2.45, 2.75) is 12.3 Å². The molecule has 2 aliphatic heterocycles. The zero-order valence-corrected chi connectivity index (χ0v) is 7.92. The summed E-state index contributed by atoms with van der Waals surface area (Å²) in [5.41, 5.74) is 0.984. The van der Waals surface area contributed by atoms with Crippen LogP contribution in [0.4, 0.5) is 0 Å². The number of epoxide rings is 1. The summed E-state index contributed by atoms with van der Waals surface area (Å²) in [6.07, 6.45) is 1.05. The fraction of sp³-hybridized carbons (Fsp3) is 0.182. The van der Waals surface area contributed by atoms with Crippen LogP contribution in [0, 0.1) is 0 Å². The maximum Gasteiger partial charge on any atom is 0.185 e. The Labute approximate surface area is 86.9 Å². The van der Waals surface area contributed by atoms with Gasteiger partial charge in [0.1, 0.15) is 11.6 Å². The Bertz CT molecular complexity index is 439. The second kappa shape index (κ2) is 3.10. The third-order valence-electron chi connectivity index (χ3n) is 2.42. The number of aliphatic imine (C=N–C) groups is 1. The zero-order valence-electron chi connectivity index (χ0n) is 7.92. The number of nitrogens with one attached hydrogen (secondary N) is 1. The fourth-order valence-electron chi connectivity index (χ4n) is 1.56. The van der Waals surface area contributed by atoms with E-state index >= 15 is 0 Å². The van der Waals surface area contributed by atoms with Crippen molar-refractivity contribution in [1.82, 2.24) is 5.32 Å². The van der Waals surface area contributed by atoms with Crippen molar-refractivity contribution in [3.63, 3.8) is 0 Å². The van der Waals surface area contributed by atoms with Gasteiger partial charge in [0.05, 0.1) is 0 Å². The van der Waals surface area contributed by atoms with Crippen molar-refractivity contribution >= 4 is 5.84 Å². The van der Waals surface area contributed by atoms with Crippen molar-refractivity contribution in [2.24, 2.45) is 4.99 Å². The highest BCUT2D eigenvalue weighted by atomic mass is 16.6. The van der Waals surface area contributed by atoms with Crippen LogP contribution in [0.5, 0.6) is 0 Å². The zero-order chi connectivity index (χ0) is 10.3. The van der Waals surface area contributed by atoms with E-state index in [0.717, 1.165) is 11.4 Å². The molecule has 2 aliphatic rings. The van der Waals surface area contributed by atoms with Crippen molar-refractivity contribution in [3.05, 3.63) is 47.9 Å². The first-order valence-electron chi connectivity index (χ1n) is 4.79. The molecular formula is C11H10N2O2. The summed E-state index contributed by atoms with van der Waals surface area (Å²) < 4.78 is 5.18. The van der Waals surface area contributed by atoms with Gasteiger partial charge in [0, 0.05) is 11.8 Å². The number of fused-ring (bicyclic) bond motifs is 1. The monoisotopic (exact) mass is 202 g/mol. The van der Waals surface area contributed by atoms with E-state index in [1.165, 1.54) is 6.20 Å². The van der Waals surface area contributed by atoms with Gasteiger partial charge in [-0.3, -0.25) is 0 Å². The molecule has 15 heavy (non-hydrogen) atoms. The second-order valence-corrected chi connectivity index (χ2v) is 3.50. The highest BCUT2D eigenvalue weighted by Crippen LogP contribution is 2.30. The minimum atomic E-state index is -0.251. The predicted molar refractivity (Wildman–Crippen MR) is 55.5 cm³/mol. The Morgan fingerprint density at radius 2 is 2.07 bits per heavy atom. The Morgan fingerprint density at radius 3 is 2.87 bits per heavy atom. The Kier molecular flexibility index (Phi) is 1.76. The van der Waals surface area contributed by atoms with Gasteiger partial charge in [0.2, 0.25) is 0 Å². The number of nitrogens with zero attached hydrogens (tertiary/aromatic N) is 1. The third-order valence-corrected chi connectivity index (χ3v) is 2.42. The van der Waals surface area contributed by atoms with Crippen molar-refractivity contribution in [2.75, 3.05) is 0 Å². The molecule has 0 aliphatic carbocycles. The largest absolute Gasteiger partial charge is 0.508 e. The van der Waals surface area contributed by atoms with Crippen molar-refractivity contribution in [3.8, 4) is 0 Å². The maximum absolute atomic E-state index is 9.46. The van der Waals surface area contributed by atoms with E-state index in [0.29, 0.717) is 0 Å². The molecule has 1 aromatic carbocycles. The molecule has 2 atom stereocenters. The molecule has 0 spiro atoms. The molecule has 0 amide bonds. The number of hydrogen-bond donors (Lipinski definition) is 2. The number of rotatable bonds is 1. The summed E-state index contributed by atoms with van der Waals surface area (Å²) >= 11 is 0. The van der Waals surface area contributed by atoms with E-state index in [2.05, 4.69) is 10.3 Å². The summed E-state index contributed by atoms with van der Waals surface area (Å²) in [6.45, 7) is 0. The number of hydrogen-bond acceptors (Lipinski definition) is 4. The highest BCUT2D eigenvalue weighted by molar-refractivity contribution is 5.99. The average molecular weight is 202 g/mol. The standard InChI is InChI=1S/C11H10N2O2/c14-8-6-12-10(13-11-9(8)15-11)7-4-2-1-3-5-7/h1-6,9,11,14H,(H,12,13). The smallest absolute Gasteiger partial charge is 0.185 e. The van der Waals surface area contributed by atoms with Gasteiger partial charge in [0.25, 0.3) is 0 Å². The summed E-state index contributed by atoms with van der Waals surface area (Å²) in [5, 5.41) is 12.4. The molecule has 1 fully saturated rings. The van der Waals surface area contributed by atoms with Gasteiger partial charge in [0.15, 0.2) is 12.3 Å². The van der Waals surface area contributed by atoms with E-state index in [9.17, 15) is 5.11 Å². The highest BCUT2D eigenvalue weighted by Gasteiger charge is 2.44. The van der Waals surface area contributed by atoms with Crippen molar-refractivity contribution < 1.29 is 9.84 Å². The molecule has 0 saturated carbocycles. The lowest BCUT2D eigenvalue weighted by molar-refractivity contribution is 0.315. The Hall–Kier alpha value is -1.81. The molecule has 2 unspecified atom stereocenters. The van der Waals surface area contributed by atoms with E-state index in [1.807, 2.05) is 30.3 Å². The third kappa shape index (κ3) is 1.49. The van der Waals surface area contributed by atoms with Crippen LogP contribution in [-0.4, -0.2) is 23.3 Å². The Morgan fingerprint density at radius 1 is 1.27 bits per heavy atom. The molecule has 3 rings (SSSR count). The van der Waals surface area contributed by atoms with Crippen LogP contribution in [0.2, 0.25) is 0 Å². The molecule has 1 saturated heterocycles. The molecule has 2 heterocycles. The summed E-state index contributed by atoms with van der Waals surface area (Å²) in [5.74, 6) is 0.932. The van der Waals surface area contributed by atoms with Crippen LogP contribution >= 0.6 is 0 Å². The number of benzene rings is 1. The number of aliphatic hydroxyl groups is 1. The molecule has 0 aromatic heterocycles. The fourth-order valence-corrected chi connectivity index (χ4v) is 1.56. The van der Waals surface area contributed by atoms with E-state index < -0.39 is 0 Å². The van der Waals surface area contributed by atoms with Crippen LogP contribution in [0.1, 0.15) is 5.56 Å². The molecule has 1 aromatic rings. The molecule has 0 bridgehead atoms. The van der Waals surface area contributed by atoms with Crippen LogP contribution in [-0.2, 0) is 4.74 Å². The molecule has 4 heteroatoms. The topological polar surface area (TPSA) is 57.1 Å². The molecule has 0 radical (unpaired) electrons. The lowest BCUT2D eigenvalue weighted by Gasteiger charge is -2.04. The number of aliphatic hydroxyl groups excluding tert-OH is 1. The lowest BCUT2D eigenvalue weighted by Crippen LogP contribution is -2.19. The van der Waals surface area contributed by atoms with Gasteiger partial charge in [-0.05, 0) is 0 Å². The van der Waals surface area contributed by atoms with Gasteiger partial charge >= 0.3 is 0 Å². The first-order valence-corrected chi connectivity index (χ1v) is 4.79. The lowest BCUT2D eigenvalue weighted by atomic mass is 10.2. The predicted octanol–water partition coefficient (Wildman–Crippen LogP) is 1.16. The van der Waals surface area contributed by atoms with Crippen LogP contribution in [0.3, 0.4) is 0 Å². The molecule has 76 valence electrons. The van der Waals surface area contributed by atoms with E-state index in [1.54, 1.807) is 0 Å². The number of ether oxygens (including phenoxy) is 1. The minimum absolute atomic E-state index is 0.203. The number of amidine groups is 1.